The molecule has 1 aromatic rings. The van der Waals surface area contributed by atoms with Gasteiger partial charge in [-0.15, -0.1) is 11.3 Å². The van der Waals surface area contributed by atoms with E-state index in [-0.39, 0.29) is 0 Å². The molecule has 3 unspecified atom stereocenters. The second kappa shape index (κ2) is 3.14. The lowest BCUT2D eigenvalue weighted by atomic mass is 9.90. The maximum absolute atomic E-state index is 10.5. The molecule has 0 radical (unpaired) electrons. The highest BCUT2D eigenvalue weighted by Gasteiger charge is 2.42. The first-order chi connectivity index (χ1) is 6.86. The van der Waals surface area contributed by atoms with Crippen LogP contribution in [0.3, 0.4) is 0 Å². The fraction of sp³-hybridized carbons (Fsp3) is 0.600. The molecular formula is C10H11NO2S. The van der Waals surface area contributed by atoms with E-state index in [0.29, 0.717) is 23.8 Å². The zero-order valence-corrected chi connectivity index (χ0v) is 8.50. The zero-order valence-electron chi connectivity index (χ0n) is 7.68. The molecule has 3 atom stereocenters. The van der Waals surface area contributed by atoms with Gasteiger partial charge in [0.25, 0.3) is 0 Å². The molecule has 74 valence electrons. The summed E-state index contributed by atoms with van der Waals surface area (Å²) in [6.07, 6.45) is 5.09. The van der Waals surface area contributed by atoms with Crippen LogP contribution in [0.1, 0.15) is 40.7 Å². The number of hydrogen-bond acceptors (Lipinski definition) is 4. The molecule has 0 saturated carbocycles. The van der Waals surface area contributed by atoms with Crippen LogP contribution in [-0.4, -0.2) is 23.5 Å². The number of hydrogen-bond donors (Lipinski definition) is 0. The number of thiazole rings is 1. The average molecular weight is 209 g/mol. The Hall–Kier alpha value is -0.740. The fourth-order valence-electron chi connectivity index (χ4n) is 2.42. The van der Waals surface area contributed by atoms with E-state index in [1.807, 2.05) is 5.38 Å². The largest absolute Gasteiger partial charge is 0.374 e. The Morgan fingerprint density at radius 3 is 3.07 bits per heavy atom. The molecule has 0 aromatic carbocycles. The summed E-state index contributed by atoms with van der Waals surface area (Å²) in [6.45, 7) is 0. The maximum atomic E-state index is 10.5. The van der Waals surface area contributed by atoms with Crippen LogP contribution >= 0.6 is 11.3 Å². The quantitative estimate of drug-likeness (QED) is 0.699. The molecule has 1 aromatic heterocycles. The van der Waals surface area contributed by atoms with Crippen molar-refractivity contribution >= 4 is 17.6 Å². The third-order valence-corrected chi connectivity index (χ3v) is 4.08. The summed E-state index contributed by atoms with van der Waals surface area (Å²) in [5.41, 5.74) is 0.563. The summed E-state index contributed by atoms with van der Waals surface area (Å²) >= 11 is 1.59. The predicted molar refractivity (Wildman–Crippen MR) is 52.8 cm³/mol. The van der Waals surface area contributed by atoms with Crippen LogP contribution in [0.5, 0.6) is 0 Å². The molecular weight excluding hydrogens is 198 g/mol. The van der Waals surface area contributed by atoms with E-state index >= 15 is 0 Å². The smallest absolute Gasteiger partial charge is 0.169 e. The Morgan fingerprint density at radius 1 is 1.57 bits per heavy atom. The highest BCUT2D eigenvalue weighted by atomic mass is 32.1. The minimum atomic E-state index is 0.366. The first kappa shape index (κ1) is 8.56. The van der Waals surface area contributed by atoms with Crippen molar-refractivity contribution in [2.75, 3.05) is 0 Å². The molecule has 0 aliphatic carbocycles. The summed E-state index contributed by atoms with van der Waals surface area (Å²) < 4.78 is 5.76. The lowest BCUT2D eigenvalue weighted by Gasteiger charge is -2.15. The van der Waals surface area contributed by atoms with Crippen LogP contribution in [0.4, 0.5) is 0 Å². The lowest BCUT2D eigenvalue weighted by molar-refractivity contribution is 0.100. The van der Waals surface area contributed by atoms with E-state index in [4.69, 9.17) is 4.74 Å². The summed E-state index contributed by atoms with van der Waals surface area (Å²) in [7, 11) is 0. The van der Waals surface area contributed by atoms with Crippen LogP contribution in [0.2, 0.25) is 0 Å². The van der Waals surface area contributed by atoms with E-state index in [9.17, 15) is 4.79 Å². The number of aromatic nitrogens is 1. The molecule has 3 heterocycles. The summed E-state index contributed by atoms with van der Waals surface area (Å²) in [6, 6.07) is 0. The Morgan fingerprint density at radius 2 is 2.50 bits per heavy atom. The molecule has 2 bridgehead atoms. The SMILES string of the molecule is O=Cc1csc(C2CC3CCC2O3)n1. The first-order valence-corrected chi connectivity index (χ1v) is 5.81. The number of rotatable bonds is 2. The van der Waals surface area contributed by atoms with E-state index in [1.54, 1.807) is 11.3 Å². The third kappa shape index (κ3) is 1.21. The minimum absolute atomic E-state index is 0.366. The van der Waals surface area contributed by atoms with Gasteiger partial charge in [-0.1, -0.05) is 0 Å². The molecule has 3 nitrogen and oxygen atoms in total. The zero-order chi connectivity index (χ0) is 9.54. The highest BCUT2D eigenvalue weighted by Crippen LogP contribution is 2.44. The van der Waals surface area contributed by atoms with Gasteiger partial charge in [0.2, 0.25) is 0 Å². The molecule has 2 aliphatic rings. The van der Waals surface area contributed by atoms with E-state index in [2.05, 4.69) is 4.98 Å². The van der Waals surface area contributed by atoms with Crippen molar-refractivity contribution in [2.24, 2.45) is 0 Å². The van der Waals surface area contributed by atoms with Gasteiger partial charge in [-0.05, 0) is 19.3 Å². The van der Waals surface area contributed by atoms with Crippen LogP contribution < -0.4 is 0 Å². The van der Waals surface area contributed by atoms with E-state index in [0.717, 1.165) is 24.1 Å². The summed E-state index contributed by atoms with van der Waals surface area (Å²) in [5.74, 6) is 0.451. The van der Waals surface area contributed by atoms with Crippen molar-refractivity contribution in [3.8, 4) is 0 Å². The number of fused-ring (bicyclic) bond motifs is 2. The second-order valence-electron chi connectivity index (χ2n) is 3.94. The van der Waals surface area contributed by atoms with Gasteiger partial charge in [-0.2, -0.15) is 0 Å². The van der Waals surface area contributed by atoms with Gasteiger partial charge >= 0.3 is 0 Å². The van der Waals surface area contributed by atoms with Crippen molar-refractivity contribution in [1.82, 2.24) is 4.98 Å². The molecule has 3 rings (SSSR count). The standard InChI is InChI=1S/C10H11NO2S/c12-4-6-5-14-10(11-6)8-3-7-1-2-9(8)13-7/h4-5,7-9H,1-3H2. The number of nitrogens with zero attached hydrogens (tertiary/aromatic N) is 1. The Balaban J connectivity index is 1.85. The van der Waals surface area contributed by atoms with Crippen LogP contribution in [0, 0.1) is 0 Å². The highest BCUT2D eigenvalue weighted by molar-refractivity contribution is 7.09. The van der Waals surface area contributed by atoms with Crippen molar-refractivity contribution in [2.45, 2.75) is 37.4 Å². The normalized spacial score (nSPS) is 35.0. The van der Waals surface area contributed by atoms with Gasteiger partial charge in [0.1, 0.15) is 5.69 Å². The maximum Gasteiger partial charge on any atom is 0.169 e. The summed E-state index contributed by atoms with van der Waals surface area (Å²) in [5, 5.41) is 2.91. The molecule has 4 heteroatoms. The molecule has 0 N–H and O–H groups in total. The number of ether oxygens (including phenoxy) is 1. The van der Waals surface area contributed by atoms with Crippen LogP contribution in [0.25, 0.3) is 0 Å². The van der Waals surface area contributed by atoms with Crippen LogP contribution in [0.15, 0.2) is 5.38 Å². The molecule has 2 saturated heterocycles. The number of carbonyl (C=O) groups is 1. The van der Waals surface area contributed by atoms with Crippen molar-refractivity contribution in [1.29, 1.82) is 0 Å². The lowest BCUT2D eigenvalue weighted by Crippen LogP contribution is -2.14. The fourth-order valence-corrected chi connectivity index (χ4v) is 3.35. The first-order valence-electron chi connectivity index (χ1n) is 4.93. The van der Waals surface area contributed by atoms with Gasteiger partial charge in [0.15, 0.2) is 6.29 Å². The molecule has 2 aliphatic heterocycles. The number of aldehydes is 1. The number of carbonyl (C=O) groups excluding carboxylic acids is 1. The average Bonchev–Trinajstić information content (AvgIpc) is 2.93. The topological polar surface area (TPSA) is 39.2 Å². The van der Waals surface area contributed by atoms with E-state index < -0.39 is 0 Å². The van der Waals surface area contributed by atoms with Gasteiger partial charge < -0.3 is 4.74 Å². The van der Waals surface area contributed by atoms with Gasteiger partial charge in [0, 0.05) is 11.3 Å². The third-order valence-electron chi connectivity index (χ3n) is 3.08. The molecule has 0 spiro atoms. The van der Waals surface area contributed by atoms with Gasteiger partial charge in [-0.25, -0.2) is 4.98 Å². The molecule has 2 fully saturated rings. The van der Waals surface area contributed by atoms with Crippen molar-refractivity contribution in [3.63, 3.8) is 0 Å². The Bertz CT molecular complexity index is 363. The van der Waals surface area contributed by atoms with Crippen molar-refractivity contribution < 1.29 is 9.53 Å². The van der Waals surface area contributed by atoms with Gasteiger partial charge in [-0.3, -0.25) is 4.79 Å². The minimum Gasteiger partial charge on any atom is -0.374 e. The second-order valence-corrected chi connectivity index (χ2v) is 4.83. The summed E-state index contributed by atoms with van der Waals surface area (Å²) in [4.78, 5) is 14.8. The monoisotopic (exact) mass is 209 g/mol. The molecule has 0 amide bonds. The Labute approximate surface area is 86.1 Å². The van der Waals surface area contributed by atoms with Crippen LogP contribution in [-0.2, 0) is 4.74 Å². The van der Waals surface area contributed by atoms with Gasteiger partial charge in [0.05, 0.1) is 17.2 Å². The molecule has 14 heavy (non-hydrogen) atoms. The van der Waals surface area contributed by atoms with E-state index in [1.165, 1.54) is 6.42 Å². The Kier molecular flexibility index (Phi) is 1.92. The van der Waals surface area contributed by atoms with Crippen molar-refractivity contribution in [3.05, 3.63) is 16.1 Å². The predicted octanol–water partition coefficient (Wildman–Crippen LogP) is 1.99.